The Morgan fingerprint density at radius 3 is 2.81 bits per heavy atom. The van der Waals surface area contributed by atoms with Gasteiger partial charge in [0.25, 0.3) is 0 Å². The minimum atomic E-state index is 0.0570. The molecule has 0 unspecified atom stereocenters. The maximum Gasteiger partial charge on any atom is 0.168 e. The van der Waals surface area contributed by atoms with E-state index in [0.717, 1.165) is 22.2 Å². The van der Waals surface area contributed by atoms with Crippen molar-refractivity contribution in [2.45, 2.75) is 6.42 Å². The molecule has 1 aromatic heterocycles. The number of rotatable bonds is 4. The summed E-state index contributed by atoms with van der Waals surface area (Å²) in [5.74, 6) is 0.818. The van der Waals surface area contributed by atoms with Crippen molar-refractivity contribution in [3.63, 3.8) is 0 Å². The van der Waals surface area contributed by atoms with Crippen LogP contribution in [0.3, 0.4) is 0 Å². The number of methoxy groups -OCH3 is 1. The average molecular weight is 277 g/mol. The van der Waals surface area contributed by atoms with Crippen molar-refractivity contribution in [3.8, 4) is 5.75 Å². The summed E-state index contributed by atoms with van der Waals surface area (Å²) in [6.07, 6.45) is 1.99. The molecule has 0 saturated carbocycles. The van der Waals surface area contributed by atoms with E-state index in [4.69, 9.17) is 4.74 Å². The summed E-state index contributed by atoms with van der Waals surface area (Å²) in [5.41, 5.74) is 2.47. The molecular formula is C18H15NO2. The van der Waals surface area contributed by atoms with Crippen molar-refractivity contribution in [1.29, 1.82) is 0 Å². The number of carbonyl (C=O) groups is 1. The van der Waals surface area contributed by atoms with Gasteiger partial charge in [-0.25, -0.2) is 0 Å². The van der Waals surface area contributed by atoms with Crippen molar-refractivity contribution < 1.29 is 9.53 Å². The van der Waals surface area contributed by atoms with Crippen LogP contribution in [0.5, 0.6) is 5.75 Å². The van der Waals surface area contributed by atoms with Crippen LogP contribution >= 0.6 is 0 Å². The van der Waals surface area contributed by atoms with Gasteiger partial charge in [-0.2, -0.15) is 0 Å². The lowest BCUT2D eigenvalue weighted by Crippen LogP contribution is -2.04. The van der Waals surface area contributed by atoms with Crippen LogP contribution in [0.15, 0.2) is 60.8 Å². The summed E-state index contributed by atoms with van der Waals surface area (Å²) in [4.78, 5) is 16.7. The molecule has 104 valence electrons. The van der Waals surface area contributed by atoms with Crippen LogP contribution in [0.2, 0.25) is 0 Å². The zero-order chi connectivity index (χ0) is 14.7. The van der Waals surface area contributed by atoms with Gasteiger partial charge in [0.1, 0.15) is 5.75 Å². The Morgan fingerprint density at radius 1 is 1.10 bits per heavy atom. The van der Waals surface area contributed by atoms with Gasteiger partial charge in [0.05, 0.1) is 12.6 Å². The lowest BCUT2D eigenvalue weighted by molar-refractivity contribution is 0.0993. The summed E-state index contributed by atoms with van der Waals surface area (Å²) in [7, 11) is 1.62. The molecule has 0 amide bonds. The summed E-state index contributed by atoms with van der Waals surface area (Å²) in [5, 5.41) is 0.981. The minimum absolute atomic E-state index is 0.0570. The van der Waals surface area contributed by atoms with Crippen LogP contribution in [0.1, 0.15) is 15.9 Å². The van der Waals surface area contributed by atoms with E-state index in [1.165, 1.54) is 0 Å². The largest absolute Gasteiger partial charge is 0.497 e. The molecule has 0 aliphatic heterocycles. The molecule has 3 heteroatoms. The minimum Gasteiger partial charge on any atom is -0.497 e. The molecule has 2 aromatic carbocycles. The molecule has 0 atom stereocenters. The first kappa shape index (κ1) is 13.3. The molecule has 1 heterocycles. The molecular weight excluding hydrogens is 262 g/mol. The molecule has 0 N–H and O–H groups in total. The fourth-order valence-electron chi connectivity index (χ4n) is 2.29. The van der Waals surface area contributed by atoms with E-state index in [-0.39, 0.29) is 5.78 Å². The average Bonchev–Trinajstić information content (AvgIpc) is 2.54. The number of carbonyl (C=O) groups excluding carboxylic acids is 1. The van der Waals surface area contributed by atoms with E-state index < -0.39 is 0 Å². The Kier molecular flexibility index (Phi) is 3.65. The fraction of sp³-hybridized carbons (Fsp3) is 0.111. The third kappa shape index (κ3) is 2.92. The Labute approximate surface area is 123 Å². The summed E-state index contributed by atoms with van der Waals surface area (Å²) in [6, 6.07) is 17.2. The van der Waals surface area contributed by atoms with Crippen LogP contribution < -0.4 is 4.74 Å². The SMILES string of the molecule is COc1cccc(CC(=O)c2cnc3ccccc3c2)c1. The van der Waals surface area contributed by atoms with Crippen LogP contribution in [-0.4, -0.2) is 17.9 Å². The van der Waals surface area contributed by atoms with Crippen molar-refractivity contribution in [1.82, 2.24) is 4.98 Å². The van der Waals surface area contributed by atoms with Gasteiger partial charge in [0.2, 0.25) is 0 Å². The molecule has 0 aliphatic carbocycles. The van der Waals surface area contributed by atoms with E-state index in [1.54, 1.807) is 13.3 Å². The molecule has 0 bridgehead atoms. The quantitative estimate of drug-likeness (QED) is 0.683. The molecule has 3 rings (SSSR count). The zero-order valence-electron chi connectivity index (χ0n) is 11.7. The van der Waals surface area contributed by atoms with Crippen LogP contribution in [0.4, 0.5) is 0 Å². The van der Waals surface area contributed by atoms with Gasteiger partial charge in [-0.3, -0.25) is 9.78 Å². The first-order valence-electron chi connectivity index (χ1n) is 6.77. The smallest absolute Gasteiger partial charge is 0.168 e. The summed E-state index contributed by atoms with van der Waals surface area (Å²) < 4.78 is 5.18. The number of aromatic nitrogens is 1. The number of hydrogen-bond donors (Lipinski definition) is 0. The molecule has 0 aliphatic rings. The van der Waals surface area contributed by atoms with Gasteiger partial charge in [0.15, 0.2) is 5.78 Å². The molecule has 0 fully saturated rings. The summed E-state index contributed by atoms with van der Waals surface area (Å²) in [6.45, 7) is 0. The van der Waals surface area contributed by atoms with E-state index in [2.05, 4.69) is 4.98 Å². The number of pyridine rings is 1. The lowest BCUT2D eigenvalue weighted by atomic mass is 10.0. The highest BCUT2D eigenvalue weighted by Crippen LogP contribution is 2.17. The van der Waals surface area contributed by atoms with Crippen molar-refractivity contribution >= 4 is 16.7 Å². The highest BCUT2D eigenvalue weighted by molar-refractivity contribution is 5.99. The third-order valence-electron chi connectivity index (χ3n) is 3.41. The number of nitrogens with zero attached hydrogens (tertiary/aromatic N) is 1. The fourth-order valence-corrected chi connectivity index (χ4v) is 2.29. The Morgan fingerprint density at radius 2 is 1.95 bits per heavy atom. The van der Waals surface area contributed by atoms with Crippen molar-refractivity contribution in [3.05, 3.63) is 71.9 Å². The molecule has 3 aromatic rings. The maximum atomic E-state index is 12.4. The second kappa shape index (κ2) is 5.75. The molecule has 0 spiro atoms. The predicted molar refractivity (Wildman–Crippen MR) is 82.8 cm³/mol. The van der Waals surface area contributed by atoms with E-state index in [1.807, 2.05) is 54.6 Å². The van der Waals surface area contributed by atoms with E-state index >= 15 is 0 Å². The first-order chi connectivity index (χ1) is 10.3. The van der Waals surface area contributed by atoms with Gasteiger partial charge in [-0.15, -0.1) is 0 Å². The van der Waals surface area contributed by atoms with Gasteiger partial charge in [-0.1, -0.05) is 30.3 Å². The van der Waals surface area contributed by atoms with Crippen molar-refractivity contribution in [2.24, 2.45) is 0 Å². The normalized spacial score (nSPS) is 10.5. The molecule has 0 radical (unpaired) electrons. The van der Waals surface area contributed by atoms with E-state index in [0.29, 0.717) is 12.0 Å². The predicted octanol–water partition coefficient (Wildman–Crippen LogP) is 3.67. The standard InChI is InChI=1S/C18H15NO2/c1-21-16-7-4-5-13(9-16)10-18(20)15-11-14-6-2-3-8-17(14)19-12-15/h2-9,11-12H,10H2,1H3. The highest BCUT2D eigenvalue weighted by atomic mass is 16.5. The van der Waals surface area contributed by atoms with Crippen LogP contribution in [-0.2, 0) is 6.42 Å². The van der Waals surface area contributed by atoms with Gasteiger partial charge < -0.3 is 4.74 Å². The van der Waals surface area contributed by atoms with Gasteiger partial charge in [-0.05, 0) is 29.8 Å². The zero-order valence-corrected chi connectivity index (χ0v) is 11.7. The first-order valence-corrected chi connectivity index (χ1v) is 6.77. The van der Waals surface area contributed by atoms with Crippen LogP contribution in [0.25, 0.3) is 10.9 Å². The summed E-state index contributed by atoms with van der Waals surface area (Å²) >= 11 is 0. The van der Waals surface area contributed by atoms with Gasteiger partial charge in [0, 0.05) is 23.6 Å². The molecule has 3 nitrogen and oxygen atoms in total. The van der Waals surface area contributed by atoms with Crippen LogP contribution in [0, 0.1) is 0 Å². The molecule has 21 heavy (non-hydrogen) atoms. The topological polar surface area (TPSA) is 39.2 Å². The monoisotopic (exact) mass is 277 g/mol. The number of ketones is 1. The van der Waals surface area contributed by atoms with Gasteiger partial charge >= 0.3 is 0 Å². The molecule has 0 saturated heterocycles. The second-order valence-corrected chi connectivity index (χ2v) is 4.87. The van der Waals surface area contributed by atoms with Crippen molar-refractivity contribution in [2.75, 3.05) is 7.11 Å². The third-order valence-corrected chi connectivity index (χ3v) is 3.41. The number of benzene rings is 2. The number of fused-ring (bicyclic) bond motifs is 1. The Bertz CT molecular complexity index is 796. The highest BCUT2D eigenvalue weighted by Gasteiger charge is 2.09. The van der Waals surface area contributed by atoms with E-state index in [9.17, 15) is 4.79 Å². The number of ether oxygens (including phenoxy) is 1. The number of hydrogen-bond acceptors (Lipinski definition) is 3. The number of Topliss-reactive ketones (excluding diaryl/α,β-unsaturated/α-hetero) is 1. The number of para-hydroxylation sites is 1. The Hall–Kier alpha value is -2.68. The Balaban J connectivity index is 1.86. The lowest BCUT2D eigenvalue weighted by Gasteiger charge is -2.05. The second-order valence-electron chi connectivity index (χ2n) is 4.87. The maximum absolute atomic E-state index is 12.4.